The Morgan fingerprint density at radius 3 is 2.62 bits per heavy atom. The van der Waals surface area contributed by atoms with Crippen LogP contribution in [0.5, 0.6) is 0 Å². The molecule has 0 atom stereocenters. The Morgan fingerprint density at radius 2 is 2.05 bits per heavy atom. The maximum absolute atomic E-state index is 11.5. The molecule has 1 fully saturated rings. The molecule has 5 nitrogen and oxygen atoms in total. The van der Waals surface area contributed by atoms with Crippen molar-refractivity contribution in [2.24, 2.45) is 0 Å². The number of carboxylic acid groups (broad SMARTS) is 1. The third-order valence-corrected chi connectivity index (χ3v) is 3.90. The zero-order valence-corrected chi connectivity index (χ0v) is 12.4. The van der Waals surface area contributed by atoms with E-state index in [1.165, 1.54) is 18.0 Å². The summed E-state index contributed by atoms with van der Waals surface area (Å²) in [6.45, 7) is 0. The van der Waals surface area contributed by atoms with Crippen LogP contribution in [-0.2, 0) is 0 Å². The normalized spacial score (nSPS) is 14.0. The fourth-order valence-corrected chi connectivity index (χ4v) is 2.55. The van der Waals surface area contributed by atoms with Crippen molar-refractivity contribution in [3.05, 3.63) is 42.1 Å². The van der Waals surface area contributed by atoms with E-state index in [9.17, 15) is 9.90 Å². The molecule has 1 aliphatic carbocycles. The minimum absolute atomic E-state index is 0.142. The number of benzene rings is 1. The molecule has 0 spiro atoms. The van der Waals surface area contributed by atoms with Gasteiger partial charge in [-0.3, -0.25) is 0 Å². The van der Waals surface area contributed by atoms with Crippen molar-refractivity contribution < 1.29 is 9.90 Å². The van der Waals surface area contributed by atoms with Gasteiger partial charge in [0.2, 0.25) is 0 Å². The van der Waals surface area contributed by atoms with Gasteiger partial charge in [0, 0.05) is 17.9 Å². The standard InChI is InChI=1S/C15H15N3O2S/c1-21-15-16-9-12(14(19)20)13(17-15)18(11-7-8-11)10-5-3-2-4-6-10/h2-6,9,11H,7-8H2,1H3,(H,19,20). The summed E-state index contributed by atoms with van der Waals surface area (Å²) >= 11 is 1.41. The third-order valence-electron chi connectivity index (χ3n) is 3.33. The van der Waals surface area contributed by atoms with E-state index in [0.717, 1.165) is 18.5 Å². The number of rotatable bonds is 5. The molecule has 0 unspecified atom stereocenters. The van der Waals surface area contributed by atoms with Gasteiger partial charge in [-0.25, -0.2) is 14.8 Å². The van der Waals surface area contributed by atoms with Gasteiger partial charge in [-0.1, -0.05) is 30.0 Å². The van der Waals surface area contributed by atoms with Crippen molar-refractivity contribution in [1.82, 2.24) is 9.97 Å². The average Bonchev–Trinajstić information content (AvgIpc) is 3.33. The van der Waals surface area contributed by atoms with Gasteiger partial charge in [-0.15, -0.1) is 0 Å². The Morgan fingerprint density at radius 1 is 1.33 bits per heavy atom. The Hall–Kier alpha value is -2.08. The molecule has 3 rings (SSSR count). The quantitative estimate of drug-likeness (QED) is 0.676. The summed E-state index contributed by atoms with van der Waals surface area (Å²) in [7, 11) is 0. The van der Waals surface area contributed by atoms with Gasteiger partial charge in [0.25, 0.3) is 0 Å². The first-order chi connectivity index (χ1) is 10.2. The number of para-hydroxylation sites is 1. The maximum Gasteiger partial charge on any atom is 0.341 e. The summed E-state index contributed by atoms with van der Waals surface area (Å²) < 4.78 is 0. The molecule has 6 heteroatoms. The number of nitrogens with zero attached hydrogens (tertiary/aromatic N) is 3. The predicted molar refractivity (Wildman–Crippen MR) is 82.4 cm³/mol. The van der Waals surface area contributed by atoms with Crippen LogP contribution >= 0.6 is 11.8 Å². The van der Waals surface area contributed by atoms with Crippen LogP contribution in [0.3, 0.4) is 0 Å². The molecule has 0 aliphatic heterocycles. The monoisotopic (exact) mass is 301 g/mol. The van der Waals surface area contributed by atoms with Crippen LogP contribution in [0.15, 0.2) is 41.7 Å². The number of aromatic carboxylic acids is 1. The number of carboxylic acids is 1. The van der Waals surface area contributed by atoms with Gasteiger partial charge in [0.15, 0.2) is 11.0 Å². The van der Waals surface area contributed by atoms with Crippen LogP contribution in [0.1, 0.15) is 23.2 Å². The Balaban J connectivity index is 2.12. The molecule has 1 saturated carbocycles. The lowest BCUT2D eigenvalue weighted by Crippen LogP contribution is -2.23. The molecular weight excluding hydrogens is 286 g/mol. The lowest BCUT2D eigenvalue weighted by atomic mass is 10.2. The zero-order chi connectivity index (χ0) is 14.8. The molecule has 2 aromatic rings. The van der Waals surface area contributed by atoms with Gasteiger partial charge >= 0.3 is 5.97 Å². The van der Waals surface area contributed by atoms with Crippen LogP contribution in [0.4, 0.5) is 11.5 Å². The molecule has 0 saturated heterocycles. The van der Waals surface area contributed by atoms with Crippen LogP contribution in [0.25, 0.3) is 0 Å². The molecule has 21 heavy (non-hydrogen) atoms. The summed E-state index contributed by atoms with van der Waals surface area (Å²) in [6.07, 6.45) is 5.37. The van der Waals surface area contributed by atoms with Crippen molar-refractivity contribution in [2.75, 3.05) is 11.2 Å². The maximum atomic E-state index is 11.5. The number of thioether (sulfide) groups is 1. The first-order valence-electron chi connectivity index (χ1n) is 6.69. The molecule has 0 radical (unpaired) electrons. The van der Waals surface area contributed by atoms with E-state index in [1.54, 1.807) is 0 Å². The molecule has 108 valence electrons. The fraction of sp³-hybridized carbons (Fsp3) is 0.267. The second-order valence-corrected chi connectivity index (χ2v) is 5.61. The lowest BCUT2D eigenvalue weighted by molar-refractivity contribution is 0.0696. The summed E-state index contributed by atoms with van der Waals surface area (Å²) in [6, 6.07) is 10.1. The topological polar surface area (TPSA) is 66.3 Å². The molecule has 1 aromatic carbocycles. The van der Waals surface area contributed by atoms with E-state index in [1.807, 2.05) is 41.5 Å². The molecule has 0 amide bonds. The number of hydrogen-bond donors (Lipinski definition) is 1. The van der Waals surface area contributed by atoms with E-state index >= 15 is 0 Å². The smallest absolute Gasteiger partial charge is 0.341 e. The van der Waals surface area contributed by atoms with Crippen molar-refractivity contribution in [1.29, 1.82) is 0 Å². The Labute approximate surface area is 127 Å². The SMILES string of the molecule is CSc1ncc(C(=O)O)c(N(c2ccccc2)C2CC2)n1. The summed E-state index contributed by atoms with van der Waals surface area (Å²) in [5.74, 6) is -0.519. The first kappa shape index (κ1) is 13.9. The largest absolute Gasteiger partial charge is 0.477 e. The highest BCUT2D eigenvalue weighted by Gasteiger charge is 2.34. The van der Waals surface area contributed by atoms with Crippen LogP contribution in [-0.4, -0.2) is 33.3 Å². The van der Waals surface area contributed by atoms with E-state index in [2.05, 4.69) is 9.97 Å². The summed E-state index contributed by atoms with van der Waals surface area (Å²) in [5, 5.41) is 9.99. The molecule has 1 aliphatic rings. The third kappa shape index (κ3) is 2.85. The zero-order valence-electron chi connectivity index (χ0n) is 11.6. The number of aromatic nitrogens is 2. The highest BCUT2D eigenvalue weighted by molar-refractivity contribution is 7.98. The van der Waals surface area contributed by atoms with Gasteiger partial charge in [0.1, 0.15) is 5.56 Å². The van der Waals surface area contributed by atoms with Crippen LogP contribution < -0.4 is 4.90 Å². The minimum atomic E-state index is -1.00. The second kappa shape index (κ2) is 5.73. The predicted octanol–water partition coefficient (Wildman–Crippen LogP) is 3.20. The lowest BCUT2D eigenvalue weighted by Gasteiger charge is -2.25. The molecular formula is C15H15N3O2S. The minimum Gasteiger partial charge on any atom is -0.477 e. The van der Waals surface area contributed by atoms with Gasteiger partial charge in [0.05, 0.1) is 0 Å². The molecule has 1 aromatic heterocycles. The average molecular weight is 301 g/mol. The molecule has 1 N–H and O–H groups in total. The van der Waals surface area contributed by atoms with Crippen molar-refractivity contribution >= 4 is 29.2 Å². The molecule has 0 bridgehead atoms. The fourth-order valence-electron chi connectivity index (χ4n) is 2.22. The van der Waals surface area contributed by atoms with E-state index in [4.69, 9.17) is 0 Å². The van der Waals surface area contributed by atoms with E-state index in [0.29, 0.717) is 17.0 Å². The highest BCUT2D eigenvalue weighted by atomic mass is 32.2. The van der Waals surface area contributed by atoms with Crippen LogP contribution in [0, 0.1) is 0 Å². The Bertz CT molecular complexity index is 659. The van der Waals surface area contributed by atoms with Gasteiger partial charge in [-0.2, -0.15) is 0 Å². The van der Waals surface area contributed by atoms with Gasteiger partial charge < -0.3 is 10.0 Å². The molecule has 1 heterocycles. The van der Waals surface area contributed by atoms with E-state index in [-0.39, 0.29) is 5.56 Å². The summed E-state index contributed by atoms with van der Waals surface area (Å²) in [5.41, 5.74) is 1.11. The highest BCUT2D eigenvalue weighted by Crippen LogP contribution is 2.38. The van der Waals surface area contributed by atoms with Crippen molar-refractivity contribution in [2.45, 2.75) is 24.0 Å². The van der Waals surface area contributed by atoms with Crippen molar-refractivity contribution in [3.8, 4) is 0 Å². The Kier molecular flexibility index (Phi) is 3.79. The van der Waals surface area contributed by atoms with Crippen molar-refractivity contribution in [3.63, 3.8) is 0 Å². The second-order valence-electron chi connectivity index (χ2n) is 4.84. The van der Waals surface area contributed by atoms with Gasteiger partial charge in [-0.05, 0) is 31.2 Å². The number of hydrogen-bond acceptors (Lipinski definition) is 5. The first-order valence-corrected chi connectivity index (χ1v) is 7.92. The van der Waals surface area contributed by atoms with E-state index < -0.39 is 5.97 Å². The number of anilines is 2. The summed E-state index contributed by atoms with van der Waals surface area (Å²) in [4.78, 5) is 22.0. The van der Waals surface area contributed by atoms with Crippen LogP contribution in [0.2, 0.25) is 0 Å². The number of carbonyl (C=O) groups is 1.